The van der Waals surface area contributed by atoms with E-state index >= 15 is 0 Å². The molecule has 2 aliphatic rings. The Hall–Kier alpha value is 0. The third kappa shape index (κ3) is 1.61. The van der Waals surface area contributed by atoms with E-state index < -0.39 is 0 Å². The molecule has 2 bridgehead atoms. The Balaban J connectivity index is 2.15. The molecular weight excluding hydrogens is 168 g/mol. The van der Waals surface area contributed by atoms with Crippen LogP contribution in [0.25, 0.3) is 0 Å². The van der Waals surface area contributed by atoms with E-state index in [1.165, 1.54) is 38.5 Å². The Morgan fingerprint density at radius 3 is 2.36 bits per heavy atom. The molecular formula is C14H26. The molecule has 2 rings (SSSR count). The standard InChI is InChI=1S/C14H26/c1-4-6-14-8-7-13(5-2,11-14)9-12(3)10-14/h12H,4-11H2,1-3H3. The fourth-order valence-corrected chi connectivity index (χ4v) is 4.69. The maximum atomic E-state index is 2.49. The van der Waals surface area contributed by atoms with Crippen molar-refractivity contribution >= 4 is 0 Å². The first-order valence-electron chi connectivity index (χ1n) is 6.64. The minimum Gasteiger partial charge on any atom is -0.0654 e. The van der Waals surface area contributed by atoms with E-state index in [2.05, 4.69) is 20.8 Å². The third-order valence-corrected chi connectivity index (χ3v) is 5.03. The molecule has 3 atom stereocenters. The Morgan fingerprint density at radius 1 is 1.07 bits per heavy atom. The van der Waals surface area contributed by atoms with Crippen LogP contribution >= 0.6 is 0 Å². The van der Waals surface area contributed by atoms with Crippen LogP contribution in [0.5, 0.6) is 0 Å². The minimum atomic E-state index is 0.771. The lowest BCUT2D eigenvalue weighted by molar-refractivity contribution is 0.0849. The van der Waals surface area contributed by atoms with Crippen LogP contribution in [-0.4, -0.2) is 0 Å². The highest BCUT2D eigenvalue weighted by Crippen LogP contribution is 2.63. The molecule has 0 amide bonds. The zero-order chi connectivity index (χ0) is 10.2. The van der Waals surface area contributed by atoms with Gasteiger partial charge in [-0.15, -0.1) is 0 Å². The molecule has 0 heterocycles. The van der Waals surface area contributed by atoms with E-state index in [0.717, 1.165) is 16.7 Å². The van der Waals surface area contributed by atoms with Crippen LogP contribution in [0.2, 0.25) is 0 Å². The van der Waals surface area contributed by atoms with E-state index in [-0.39, 0.29) is 0 Å². The van der Waals surface area contributed by atoms with Crippen molar-refractivity contribution in [3.8, 4) is 0 Å². The van der Waals surface area contributed by atoms with Gasteiger partial charge < -0.3 is 0 Å². The topological polar surface area (TPSA) is 0 Å². The van der Waals surface area contributed by atoms with Crippen LogP contribution in [0.1, 0.15) is 72.1 Å². The van der Waals surface area contributed by atoms with Crippen LogP contribution in [0.4, 0.5) is 0 Å². The van der Waals surface area contributed by atoms with Crippen molar-refractivity contribution in [2.45, 2.75) is 72.1 Å². The second kappa shape index (κ2) is 3.54. The summed E-state index contributed by atoms with van der Waals surface area (Å²) in [4.78, 5) is 0. The zero-order valence-corrected chi connectivity index (χ0v) is 10.2. The average Bonchev–Trinajstić information content (AvgIpc) is 2.40. The van der Waals surface area contributed by atoms with Crippen LogP contribution in [-0.2, 0) is 0 Å². The maximum absolute atomic E-state index is 2.49. The van der Waals surface area contributed by atoms with Gasteiger partial charge in [0.25, 0.3) is 0 Å². The average molecular weight is 194 g/mol. The van der Waals surface area contributed by atoms with Gasteiger partial charge in [-0.05, 0) is 55.3 Å². The Bertz CT molecular complexity index is 208. The second-order valence-electron chi connectivity index (χ2n) is 6.29. The van der Waals surface area contributed by atoms with Crippen molar-refractivity contribution in [1.82, 2.24) is 0 Å². The molecule has 0 aromatic rings. The first kappa shape index (κ1) is 10.5. The molecule has 0 radical (unpaired) electrons. The van der Waals surface area contributed by atoms with Gasteiger partial charge in [-0.3, -0.25) is 0 Å². The third-order valence-electron chi connectivity index (χ3n) is 5.03. The Morgan fingerprint density at radius 2 is 1.71 bits per heavy atom. The summed E-state index contributed by atoms with van der Waals surface area (Å²) in [6, 6.07) is 0. The van der Waals surface area contributed by atoms with E-state index in [4.69, 9.17) is 0 Å². The van der Waals surface area contributed by atoms with Gasteiger partial charge in [-0.25, -0.2) is 0 Å². The summed E-state index contributed by atoms with van der Waals surface area (Å²) in [6.07, 6.45) is 12.0. The molecule has 0 aromatic heterocycles. The van der Waals surface area contributed by atoms with Crippen LogP contribution in [0, 0.1) is 16.7 Å². The van der Waals surface area contributed by atoms with Gasteiger partial charge in [0, 0.05) is 0 Å². The molecule has 0 nitrogen and oxygen atoms in total. The lowest BCUT2D eigenvalue weighted by atomic mass is 9.63. The summed E-state index contributed by atoms with van der Waals surface area (Å²) >= 11 is 0. The molecule has 0 N–H and O–H groups in total. The summed E-state index contributed by atoms with van der Waals surface area (Å²) in [7, 11) is 0. The first-order chi connectivity index (χ1) is 6.64. The summed E-state index contributed by atoms with van der Waals surface area (Å²) in [6.45, 7) is 7.26. The molecule has 2 fully saturated rings. The Kier molecular flexibility index (Phi) is 2.66. The fourth-order valence-electron chi connectivity index (χ4n) is 4.69. The van der Waals surface area contributed by atoms with Crippen LogP contribution < -0.4 is 0 Å². The molecule has 0 heteroatoms. The first-order valence-corrected chi connectivity index (χ1v) is 6.64. The van der Waals surface area contributed by atoms with Gasteiger partial charge in [0.05, 0.1) is 0 Å². The summed E-state index contributed by atoms with van der Waals surface area (Å²) < 4.78 is 0. The van der Waals surface area contributed by atoms with Gasteiger partial charge in [-0.2, -0.15) is 0 Å². The van der Waals surface area contributed by atoms with Crippen molar-refractivity contribution in [3.63, 3.8) is 0 Å². The second-order valence-corrected chi connectivity index (χ2v) is 6.29. The number of rotatable bonds is 3. The molecule has 0 saturated heterocycles. The predicted octanol–water partition coefficient (Wildman–Crippen LogP) is 4.78. The predicted molar refractivity (Wildman–Crippen MR) is 62.3 cm³/mol. The quantitative estimate of drug-likeness (QED) is 0.606. The van der Waals surface area contributed by atoms with Gasteiger partial charge in [0.1, 0.15) is 0 Å². The molecule has 0 spiro atoms. The van der Waals surface area contributed by atoms with E-state index in [1.54, 1.807) is 12.8 Å². The van der Waals surface area contributed by atoms with E-state index in [1.807, 2.05) is 0 Å². The van der Waals surface area contributed by atoms with Gasteiger partial charge in [-0.1, -0.05) is 33.6 Å². The van der Waals surface area contributed by atoms with Gasteiger partial charge >= 0.3 is 0 Å². The smallest absolute Gasteiger partial charge is 0.0290 e. The van der Waals surface area contributed by atoms with Gasteiger partial charge in [0.2, 0.25) is 0 Å². The van der Waals surface area contributed by atoms with Crippen LogP contribution in [0.3, 0.4) is 0 Å². The maximum Gasteiger partial charge on any atom is -0.0290 e. The van der Waals surface area contributed by atoms with E-state index in [9.17, 15) is 0 Å². The summed E-state index contributed by atoms with van der Waals surface area (Å²) in [5, 5.41) is 0. The summed E-state index contributed by atoms with van der Waals surface area (Å²) in [5.41, 5.74) is 1.55. The van der Waals surface area contributed by atoms with Crippen molar-refractivity contribution in [2.24, 2.45) is 16.7 Å². The normalized spacial score (nSPS) is 46.9. The van der Waals surface area contributed by atoms with Crippen LogP contribution in [0.15, 0.2) is 0 Å². The molecule has 14 heavy (non-hydrogen) atoms. The number of hydrogen-bond acceptors (Lipinski definition) is 0. The highest BCUT2D eigenvalue weighted by atomic mass is 14.6. The lowest BCUT2D eigenvalue weighted by Crippen LogP contribution is -2.31. The Labute approximate surface area is 89.5 Å². The van der Waals surface area contributed by atoms with E-state index in [0.29, 0.717) is 0 Å². The fraction of sp³-hybridized carbons (Fsp3) is 1.00. The van der Waals surface area contributed by atoms with Crippen molar-refractivity contribution in [2.75, 3.05) is 0 Å². The molecule has 3 unspecified atom stereocenters. The SMILES string of the molecule is CCCC12CCC(CC)(CC(C)C1)C2. The van der Waals surface area contributed by atoms with Crippen molar-refractivity contribution in [3.05, 3.63) is 0 Å². The van der Waals surface area contributed by atoms with Gasteiger partial charge in [0.15, 0.2) is 0 Å². The van der Waals surface area contributed by atoms with Crippen molar-refractivity contribution < 1.29 is 0 Å². The van der Waals surface area contributed by atoms with Crippen molar-refractivity contribution in [1.29, 1.82) is 0 Å². The highest BCUT2D eigenvalue weighted by Gasteiger charge is 2.51. The lowest BCUT2D eigenvalue weighted by Gasteiger charge is -2.42. The molecule has 0 aliphatic heterocycles. The molecule has 2 aliphatic carbocycles. The zero-order valence-electron chi connectivity index (χ0n) is 10.2. The number of fused-ring (bicyclic) bond motifs is 2. The molecule has 2 saturated carbocycles. The molecule has 0 aromatic carbocycles. The summed E-state index contributed by atoms with van der Waals surface area (Å²) in [5.74, 6) is 0.998. The number of hydrogen-bond donors (Lipinski definition) is 0. The minimum absolute atomic E-state index is 0.771. The molecule has 82 valence electrons. The monoisotopic (exact) mass is 194 g/mol. The largest absolute Gasteiger partial charge is 0.0654 e. The highest BCUT2D eigenvalue weighted by molar-refractivity contribution is 5.02.